The molecule has 3 aromatic rings. The largest absolute Gasteiger partial charge is 0.872 e. The van der Waals surface area contributed by atoms with E-state index in [2.05, 4.69) is 4.98 Å². The normalized spacial score (nSPS) is 16.8. The number of likely N-dealkylation sites (tertiary alicyclic amines) is 1. The third-order valence-electron chi connectivity index (χ3n) is 5.97. The molecule has 1 saturated heterocycles. The molecule has 8 nitrogen and oxygen atoms in total. The summed E-state index contributed by atoms with van der Waals surface area (Å²) < 4.78 is 16.7. The van der Waals surface area contributed by atoms with Crippen molar-refractivity contribution in [2.75, 3.05) is 20.8 Å². The Hall–Kier alpha value is -4.33. The number of pyridine rings is 1. The molecule has 0 radical (unpaired) electrons. The maximum atomic E-state index is 13.7. The summed E-state index contributed by atoms with van der Waals surface area (Å²) in [4.78, 5) is 31.0. The second kappa shape index (κ2) is 10.9. The SMILES string of the molecule is CCCOc1ccc(C([O-])=C2C(=O)C(=O)N(Cc3ccc[nH+]c3)C2c2cccc(OC)c2OC)cc1. The van der Waals surface area contributed by atoms with E-state index in [1.165, 1.54) is 19.1 Å². The van der Waals surface area contributed by atoms with Gasteiger partial charge >= 0.3 is 0 Å². The number of benzene rings is 2. The molecule has 0 spiro atoms. The molecule has 1 amide bonds. The van der Waals surface area contributed by atoms with E-state index in [1.54, 1.807) is 60.9 Å². The van der Waals surface area contributed by atoms with Gasteiger partial charge in [0.15, 0.2) is 23.9 Å². The van der Waals surface area contributed by atoms with Crippen LogP contribution in [-0.2, 0) is 16.1 Å². The smallest absolute Gasteiger partial charge is 0.295 e. The van der Waals surface area contributed by atoms with Crippen molar-refractivity contribution in [3.05, 3.63) is 89.3 Å². The maximum Gasteiger partial charge on any atom is 0.295 e. The molecule has 1 unspecified atom stereocenters. The number of carbonyl (C=O) groups is 2. The van der Waals surface area contributed by atoms with E-state index in [-0.39, 0.29) is 17.7 Å². The fourth-order valence-corrected chi connectivity index (χ4v) is 4.29. The molecule has 0 saturated carbocycles. The Morgan fingerprint density at radius 2 is 1.81 bits per heavy atom. The van der Waals surface area contributed by atoms with E-state index in [1.807, 2.05) is 13.0 Å². The van der Waals surface area contributed by atoms with Crippen LogP contribution in [0.1, 0.15) is 36.1 Å². The summed E-state index contributed by atoms with van der Waals surface area (Å²) in [6.45, 7) is 2.68. The molecule has 8 heteroatoms. The van der Waals surface area contributed by atoms with Gasteiger partial charge in [0.05, 0.1) is 33.4 Å². The van der Waals surface area contributed by atoms with Gasteiger partial charge in [-0.15, -0.1) is 0 Å². The van der Waals surface area contributed by atoms with Gasteiger partial charge in [-0.2, -0.15) is 0 Å². The number of hydrogen-bond donors (Lipinski definition) is 0. The first-order valence-electron chi connectivity index (χ1n) is 11.7. The summed E-state index contributed by atoms with van der Waals surface area (Å²) in [6, 6.07) is 14.4. The minimum absolute atomic E-state index is 0.119. The molecular formula is C28H28N2O6. The van der Waals surface area contributed by atoms with E-state index in [9.17, 15) is 14.7 Å². The van der Waals surface area contributed by atoms with Crippen molar-refractivity contribution < 1.29 is 33.9 Å². The number of nitrogens with one attached hydrogen (secondary N) is 1. The standard InChI is InChI=1S/C28H28N2O6/c1-4-15-36-20-12-10-19(11-13-20)25(31)23-24(21-8-5-9-22(34-2)27(21)35-3)30(28(33)26(23)32)17-18-7-6-14-29-16-18/h5-14,16,24,31H,4,15,17H2,1-3H3. The predicted octanol–water partition coefficient (Wildman–Crippen LogP) is 2.73. The first-order chi connectivity index (χ1) is 17.5. The average Bonchev–Trinajstić information content (AvgIpc) is 3.16. The number of aromatic nitrogens is 1. The van der Waals surface area contributed by atoms with Crippen LogP contribution in [0.2, 0.25) is 0 Å². The number of rotatable bonds is 9. The molecule has 1 fully saturated rings. The molecule has 0 aliphatic carbocycles. The second-order valence-electron chi connectivity index (χ2n) is 8.27. The van der Waals surface area contributed by atoms with Gasteiger partial charge in [-0.1, -0.05) is 36.9 Å². The fraction of sp³-hybridized carbons (Fsp3) is 0.250. The number of ketones is 1. The lowest BCUT2D eigenvalue weighted by Gasteiger charge is -2.28. The van der Waals surface area contributed by atoms with Crippen molar-refractivity contribution in [2.24, 2.45) is 0 Å². The first-order valence-corrected chi connectivity index (χ1v) is 11.7. The number of para-hydroxylation sites is 1. The highest BCUT2D eigenvalue weighted by molar-refractivity contribution is 6.46. The van der Waals surface area contributed by atoms with Crippen molar-refractivity contribution in [1.29, 1.82) is 0 Å². The Morgan fingerprint density at radius 1 is 1.03 bits per heavy atom. The number of Topliss-reactive ketones (excluding diaryl/α,β-unsaturated/α-hetero) is 1. The molecule has 2 aromatic carbocycles. The van der Waals surface area contributed by atoms with Crippen LogP contribution in [0.5, 0.6) is 17.2 Å². The lowest BCUT2D eigenvalue weighted by Crippen LogP contribution is -2.30. The third-order valence-corrected chi connectivity index (χ3v) is 5.97. The topological polar surface area (TPSA) is 102 Å². The van der Waals surface area contributed by atoms with E-state index >= 15 is 0 Å². The quantitative estimate of drug-likeness (QED) is 0.261. The summed E-state index contributed by atoms with van der Waals surface area (Å²) in [7, 11) is 2.98. The Labute approximate surface area is 209 Å². The highest BCUT2D eigenvalue weighted by Gasteiger charge is 2.45. The average molecular weight is 489 g/mol. The summed E-state index contributed by atoms with van der Waals surface area (Å²) in [6.07, 6.45) is 4.35. The van der Waals surface area contributed by atoms with Crippen LogP contribution in [0.3, 0.4) is 0 Å². The monoisotopic (exact) mass is 488 g/mol. The molecule has 1 atom stereocenters. The van der Waals surface area contributed by atoms with Crippen LogP contribution >= 0.6 is 0 Å². The number of nitrogens with zero attached hydrogens (tertiary/aromatic N) is 1. The molecule has 4 rings (SSSR count). The molecule has 0 bridgehead atoms. The highest BCUT2D eigenvalue weighted by atomic mass is 16.5. The van der Waals surface area contributed by atoms with Crippen molar-refractivity contribution in [2.45, 2.75) is 25.9 Å². The van der Waals surface area contributed by atoms with Gasteiger partial charge in [0.1, 0.15) is 5.75 Å². The summed E-state index contributed by atoms with van der Waals surface area (Å²) in [5, 5.41) is 13.7. The van der Waals surface area contributed by atoms with Gasteiger partial charge in [0, 0.05) is 22.8 Å². The van der Waals surface area contributed by atoms with Crippen molar-refractivity contribution in [3.8, 4) is 17.2 Å². The lowest BCUT2D eigenvalue weighted by molar-refractivity contribution is -0.378. The number of methoxy groups -OCH3 is 2. The number of H-pyrrole nitrogens is 1. The van der Waals surface area contributed by atoms with Crippen molar-refractivity contribution >= 4 is 17.4 Å². The van der Waals surface area contributed by atoms with Gasteiger partial charge < -0.3 is 24.2 Å². The van der Waals surface area contributed by atoms with Crippen LogP contribution in [0, 0.1) is 0 Å². The molecule has 186 valence electrons. The number of ether oxygens (including phenoxy) is 3. The van der Waals surface area contributed by atoms with Crippen LogP contribution in [0.25, 0.3) is 5.76 Å². The van der Waals surface area contributed by atoms with Crippen LogP contribution in [-0.4, -0.2) is 37.4 Å². The summed E-state index contributed by atoms with van der Waals surface area (Å²) in [5.41, 5.74) is 1.42. The lowest BCUT2D eigenvalue weighted by atomic mass is 9.94. The first kappa shape index (κ1) is 24.8. The maximum absolute atomic E-state index is 13.7. The van der Waals surface area contributed by atoms with E-state index in [4.69, 9.17) is 14.2 Å². The van der Waals surface area contributed by atoms with Gasteiger partial charge in [-0.3, -0.25) is 9.59 Å². The summed E-state index contributed by atoms with van der Waals surface area (Å²) >= 11 is 0. The molecule has 1 aliphatic rings. The molecule has 1 aliphatic heterocycles. The van der Waals surface area contributed by atoms with Crippen LogP contribution < -0.4 is 24.3 Å². The zero-order valence-corrected chi connectivity index (χ0v) is 20.4. The Kier molecular flexibility index (Phi) is 7.53. The Bertz CT molecular complexity index is 1270. The Morgan fingerprint density at radius 3 is 2.44 bits per heavy atom. The number of hydrogen-bond acceptors (Lipinski definition) is 6. The van der Waals surface area contributed by atoms with Gasteiger partial charge in [-0.25, -0.2) is 4.98 Å². The minimum atomic E-state index is -0.959. The number of aromatic amines is 1. The highest BCUT2D eigenvalue weighted by Crippen LogP contribution is 2.45. The van der Waals surface area contributed by atoms with E-state index in [0.29, 0.717) is 29.4 Å². The van der Waals surface area contributed by atoms with Crippen LogP contribution in [0.4, 0.5) is 0 Å². The number of carbonyl (C=O) groups excluding carboxylic acids is 2. The van der Waals surface area contributed by atoms with E-state index in [0.717, 1.165) is 12.0 Å². The van der Waals surface area contributed by atoms with Crippen molar-refractivity contribution in [3.63, 3.8) is 0 Å². The molecule has 2 heterocycles. The van der Waals surface area contributed by atoms with Crippen molar-refractivity contribution in [1.82, 2.24) is 4.90 Å². The zero-order chi connectivity index (χ0) is 25.7. The summed E-state index contributed by atoms with van der Waals surface area (Å²) in [5.74, 6) is -0.696. The molecule has 1 aromatic heterocycles. The third kappa shape index (κ3) is 4.75. The second-order valence-corrected chi connectivity index (χ2v) is 8.27. The minimum Gasteiger partial charge on any atom is -0.872 e. The number of amides is 1. The molecular weight excluding hydrogens is 460 g/mol. The molecule has 1 N–H and O–H groups in total. The van der Waals surface area contributed by atoms with Crippen LogP contribution in [0.15, 0.2) is 72.6 Å². The van der Waals surface area contributed by atoms with Gasteiger partial charge in [0.25, 0.3) is 5.91 Å². The van der Waals surface area contributed by atoms with E-state index < -0.39 is 23.5 Å². The fourth-order valence-electron chi connectivity index (χ4n) is 4.29. The van der Waals surface area contributed by atoms with Gasteiger partial charge in [-0.05, 0) is 36.2 Å². The molecule has 36 heavy (non-hydrogen) atoms. The zero-order valence-electron chi connectivity index (χ0n) is 20.4. The Balaban J connectivity index is 1.86. The van der Waals surface area contributed by atoms with Gasteiger partial charge in [0.2, 0.25) is 5.78 Å². The predicted molar refractivity (Wildman–Crippen MR) is 130 cm³/mol.